The SMILES string of the molecule is Cc1cccc(NC(=O)N2CCN(C(=O)c3ccoc3)CC2)c1. The van der Waals surface area contributed by atoms with Gasteiger partial charge in [0.2, 0.25) is 0 Å². The van der Waals surface area contributed by atoms with Gasteiger partial charge in [0.1, 0.15) is 6.26 Å². The van der Waals surface area contributed by atoms with Crippen LogP contribution in [0, 0.1) is 6.92 Å². The predicted octanol–water partition coefficient (Wildman–Crippen LogP) is 2.58. The van der Waals surface area contributed by atoms with Gasteiger partial charge in [0.25, 0.3) is 5.91 Å². The molecule has 1 aromatic heterocycles. The van der Waals surface area contributed by atoms with Crippen molar-refractivity contribution in [3.8, 4) is 0 Å². The summed E-state index contributed by atoms with van der Waals surface area (Å²) in [5.74, 6) is -0.0579. The van der Waals surface area contributed by atoms with E-state index in [0.717, 1.165) is 11.3 Å². The van der Waals surface area contributed by atoms with Crippen LogP contribution in [0.4, 0.5) is 10.5 Å². The van der Waals surface area contributed by atoms with Crippen LogP contribution in [0.5, 0.6) is 0 Å². The topological polar surface area (TPSA) is 65.8 Å². The molecule has 0 spiro atoms. The molecule has 0 atom stereocenters. The van der Waals surface area contributed by atoms with Gasteiger partial charge in [-0.2, -0.15) is 0 Å². The summed E-state index contributed by atoms with van der Waals surface area (Å²) in [6, 6.07) is 9.20. The van der Waals surface area contributed by atoms with Crippen LogP contribution in [0.15, 0.2) is 47.3 Å². The second-order valence-corrected chi connectivity index (χ2v) is 5.59. The first-order valence-corrected chi connectivity index (χ1v) is 7.57. The summed E-state index contributed by atoms with van der Waals surface area (Å²) in [6.07, 6.45) is 2.93. The highest BCUT2D eigenvalue weighted by atomic mass is 16.3. The van der Waals surface area contributed by atoms with Crippen LogP contribution in [0.25, 0.3) is 0 Å². The molecular formula is C17H19N3O3. The van der Waals surface area contributed by atoms with Crippen LogP contribution in [-0.4, -0.2) is 47.9 Å². The molecule has 0 unspecified atom stereocenters. The minimum Gasteiger partial charge on any atom is -0.472 e. The van der Waals surface area contributed by atoms with E-state index in [1.807, 2.05) is 31.2 Å². The number of nitrogens with one attached hydrogen (secondary N) is 1. The van der Waals surface area contributed by atoms with E-state index in [1.54, 1.807) is 15.9 Å². The van der Waals surface area contributed by atoms with Gasteiger partial charge in [0, 0.05) is 31.9 Å². The fourth-order valence-electron chi connectivity index (χ4n) is 2.61. The number of urea groups is 1. The van der Waals surface area contributed by atoms with Crippen LogP contribution in [0.2, 0.25) is 0 Å². The van der Waals surface area contributed by atoms with E-state index in [1.165, 1.54) is 12.5 Å². The lowest BCUT2D eigenvalue weighted by molar-refractivity contribution is 0.0671. The smallest absolute Gasteiger partial charge is 0.321 e. The first-order valence-electron chi connectivity index (χ1n) is 7.57. The fraction of sp³-hybridized carbons (Fsp3) is 0.294. The number of anilines is 1. The summed E-state index contributed by atoms with van der Waals surface area (Å²) in [5.41, 5.74) is 2.42. The summed E-state index contributed by atoms with van der Waals surface area (Å²) < 4.78 is 4.94. The molecular weight excluding hydrogens is 294 g/mol. The average molecular weight is 313 g/mol. The van der Waals surface area contributed by atoms with E-state index in [-0.39, 0.29) is 11.9 Å². The highest BCUT2D eigenvalue weighted by Gasteiger charge is 2.25. The van der Waals surface area contributed by atoms with E-state index in [4.69, 9.17) is 4.42 Å². The van der Waals surface area contributed by atoms with Gasteiger partial charge in [0.15, 0.2) is 0 Å². The molecule has 6 nitrogen and oxygen atoms in total. The lowest BCUT2D eigenvalue weighted by Crippen LogP contribution is -2.51. The number of nitrogens with zero attached hydrogens (tertiary/aromatic N) is 2. The summed E-state index contributed by atoms with van der Waals surface area (Å²) >= 11 is 0. The minimum atomic E-state index is -0.133. The van der Waals surface area contributed by atoms with Gasteiger partial charge in [-0.15, -0.1) is 0 Å². The molecule has 23 heavy (non-hydrogen) atoms. The number of hydrogen-bond donors (Lipinski definition) is 1. The molecule has 3 amide bonds. The maximum absolute atomic E-state index is 12.3. The van der Waals surface area contributed by atoms with Crippen molar-refractivity contribution in [1.82, 2.24) is 9.80 Å². The Morgan fingerprint density at radius 3 is 2.48 bits per heavy atom. The maximum atomic E-state index is 12.3. The quantitative estimate of drug-likeness (QED) is 0.926. The highest BCUT2D eigenvalue weighted by molar-refractivity contribution is 5.94. The summed E-state index contributed by atoms with van der Waals surface area (Å²) in [6.45, 7) is 4.05. The van der Waals surface area contributed by atoms with Crippen molar-refractivity contribution in [2.75, 3.05) is 31.5 Å². The van der Waals surface area contributed by atoms with Crippen LogP contribution in [0.1, 0.15) is 15.9 Å². The van der Waals surface area contributed by atoms with Gasteiger partial charge in [-0.1, -0.05) is 12.1 Å². The van der Waals surface area contributed by atoms with Crippen molar-refractivity contribution in [3.05, 3.63) is 54.0 Å². The van der Waals surface area contributed by atoms with Gasteiger partial charge in [0.05, 0.1) is 11.8 Å². The van der Waals surface area contributed by atoms with Crippen molar-refractivity contribution in [3.63, 3.8) is 0 Å². The minimum absolute atomic E-state index is 0.0579. The Balaban J connectivity index is 1.54. The molecule has 120 valence electrons. The van der Waals surface area contributed by atoms with Crippen molar-refractivity contribution in [2.45, 2.75) is 6.92 Å². The molecule has 0 saturated carbocycles. The van der Waals surface area contributed by atoms with E-state index in [2.05, 4.69) is 5.32 Å². The van der Waals surface area contributed by atoms with Gasteiger partial charge < -0.3 is 19.5 Å². The van der Waals surface area contributed by atoms with Crippen molar-refractivity contribution in [1.29, 1.82) is 0 Å². The zero-order chi connectivity index (χ0) is 16.2. The molecule has 2 aromatic rings. The number of hydrogen-bond acceptors (Lipinski definition) is 3. The lowest BCUT2D eigenvalue weighted by Gasteiger charge is -2.34. The third-order valence-electron chi connectivity index (χ3n) is 3.89. The number of amides is 3. The molecule has 3 rings (SSSR count). The number of aryl methyl sites for hydroxylation is 1. The number of carbonyl (C=O) groups excluding carboxylic acids is 2. The van der Waals surface area contributed by atoms with Crippen molar-refractivity contribution in [2.24, 2.45) is 0 Å². The average Bonchev–Trinajstić information content (AvgIpc) is 3.09. The van der Waals surface area contributed by atoms with Gasteiger partial charge in [-0.05, 0) is 30.7 Å². The Labute approximate surface area is 134 Å². The molecule has 1 fully saturated rings. The number of benzene rings is 1. The number of carbonyl (C=O) groups is 2. The van der Waals surface area contributed by atoms with E-state index < -0.39 is 0 Å². The summed E-state index contributed by atoms with van der Waals surface area (Å²) in [7, 11) is 0. The molecule has 1 aliphatic rings. The lowest BCUT2D eigenvalue weighted by atomic mass is 10.2. The van der Waals surface area contributed by atoms with E-state index >= 15 is 0 Å². The van der Waals surface area contributed by atoms with Gasteiger partial charge in [-0.25, -0.2) is 4.79 Å². The fourth-order valence-corrected chi connectivity index (χ4v) is 2.61. The Kier molecular flexibility index (Phi) is 4.32. The number of rotatable bonds is 2. The maximum Gasteiger partial charge on any atom is 0.321 e. The zero-order valence-electron chi connectivity index (χ0n) is 13.0. The van der Waals surface area contributed by atoms with Crippen LogP contribution in [0.3, 0.4) is 0 Å². The molecule has 1 aliphatic heterocycles. The second kappa shape index (κ2) is 6.56. The Hall–Kier alpha value is -2.76. The third kappa shape index (κ3) is 3.53. The summed E-state index contributed by atoms with van der Waals surface area (Å²) in [4.78, 5) is 28.0. The molecule has 6 heteroatoms. The number of piperazine rings is 1. The Morgan fingerprint density at radius 1 is 1.09 bits per heavy atom. The molecule has 0 radical (unpaired) electrons. The Morgan fingerprint density at radius 2 is 1.83 bits per heavy atom. The third-order valence-corrected chi connectivity index (χ3v) is 3.89. The molecule has 1 N–H and O–H groups in total. The van der Waals surface area contributed by atoms with Crippen molar-refractivity contribution >= 4 is 17.6 Å². The number of furan rings is 1. The second-order valence-electron chi connectivity index (χ2n) is 5.59. The van der Waals surface area contributed by atoms with Gasteiger partial charge in [-0.3, -0.25) is 4.79 Å². The largest absolute Gasteiger partial charge is 0.472 e. The molecule has 0 bridgehead atoms. The van der Waals surface area contributed by atoms with Crippen LogP contribution < -0.4 is 5.32 Å². The zero-order valence-corrected chi connectivity index (χ0v) is 13.0. The van der Waals surface area contributed by atoms with Crippen LogP contribution >= 0.6 is 0 Å². The molecule has 0 aliphatic carbocycles. The normalized spacial score (nSPS) is 14.7. The first kappa shape index (κ1) is 15.1. The van der Waals surface area contributed by atoms with Crippen molar-refractivity contribution < 1.29 is 14.0 Å². The first-order chi connectivity index (χ1) is 11.1. The highest BCUT2D eigenvalue weighted by Crippen LogP contribution is 2.13. The predicted molar refractivity (Wildman–Crippen MR) is 86.4 cm³/mol. The van der Waals surface area contributed by atoms with Gasteiger partial charge >= 0.3 is 6.03 Å². The molecule has 1 saturated heterocycles. The van der Waals surface area contributed by atoms with E-state index in [0.29, 0.717) is 31.7 Å². The molecule has 1 aromatic carbocycles. The van der Waals surface area contributed by atoms with E-state index in [9.17, 15) is 9.59 Å². The summed E-state index contributed by atoms with van der Waals surface area (Å²) in [5, 5.41) is 2.89. The monoisotopic (exact) mass is 313 g/mol. The molecule has 2 heterocycles. The van der Waals surface area contributed by atoms with Crippen LogP contribution in [-0.2, 0) is 0 Å². The Bertz CT molecular complexity index is 689. The standard InChI is InChI=1S/C17H19N3O3/c1-13-3-2-4-15(11-13)18-17(22)20-8-6-19(7-9-20)16(21)14-5-10-23-12-14/h2-5,10-12H,6-9H2,1H3,(H,18,22).